The Kier molecular flexibility index (Phi) is 10.3. The minimum absolute atomic E-state index is 0.0833. The van der Waals surface area contributed by atoms with Gasteiger partial charge in [-0.25, -0.2) is 0 Å². The summed E-state index contributed by atoms with van der Waals surface area (Å²) >= 11 is 8.26. The number of hydrogen-bond acceptors (Lipinski definition) is 2. The molecule has 0 bridgehead atoms. The van der Waals surface area contributed by atoms with Crippen molar-refractivity contribution >= 4 is 29.2 Å². The largest absolute Gasteiger partial charge is 0.415 e. The molecule has 0 radical (unpaired) electrons. The van der Waals surface area contributed by atoms with Crippen LogP contribution in [0.1, 0.15) is 27.7 Å². The van der Waals surface area contributed by atoms with Crippen molar-refractivity contribution in [2.75, 3.05) is 26.2 Å². The van der Waals surface area contributed by atoms with Gasteiger partial charge in [-0.1, -0.05) is 4.32 Å². The molecule has 0 heterocycles. The average molecular weight is 222 g/mol. The lowest BCUT2D eigenvalue weighted by atomic mass is 10.3. The molecule has 4 heteroatoms. The summed E-state index contributed by atoms with van der Waals surface area (Å²) in [5.41, 5.74) is 4.66. The average Bonchev–Trinajstić information content (AvgIpc) is 2.09. The molecule has 0 fully saturated rings. The molecule has 0 rings (SSSR count). The Morgan fingerprint density at radius 3 is 1.23 bits per heavy atom. The summed E-state index contributed by atoms with van der Waals surface area (Å²) in [6.45, 7) is 14.2. The summed E-state index contributed by atoms with van der Waals surface area (Å²) in [6, 6.07) is 0. The van der Waals surface area contributed by atoms with Crippen LogP contribution in [0, 0.1) is 0 Å². The predicted molar refractivity (Wildman–Crippen MR) is 66.6 cm³/mol. The molecule has 0 spiro atoms. The first-order chi connectivity index (χ1) is 5.97. The van der Waals surface area contributed by atoms with Crippen molar-refractivity contribution in [1.29, 1.82) is 0 Å². The maximum Gasteiger partial charge on any atom is 0.0757 e. The lowest BCUT2D eigenvalue weighted by molar-refractivity contribution is -0.921. The molecule has 0 saturated heterocycles. The van der Waals surface area contributed by atoms with Gasteiger partial charge in [0.2, 0.25) is 0 Å². The lowest BCUT2D eigenvalue weighted by Gasteiger charge is -2.34. The Balaban J connectivity index is 0. The summed E-state index contributed by atoms with van der Waals surface area (Å²) in [5, 5.41) is 0. The van der Waals surface area contributed by atoms with Gasteiger partial charge in [0, 0.05) is 0 Å². The number of rotatable bonds is 4. The van der Waals surface area contributed by atoms with E-state index in [2.05, 4.69) is 58.3 Å². The van der Waals surface area contributed by atoms with Crippen molar-refractivity contribution in [3.63, 3.8) is 0 Å². The number of quaternary nitrogens is 1. The van der Waals surface area contributed by atoms with Crippen LogP contribution >= 0.6 is 12.2 Å². The van der Waals surface area contributed by atoms with Gasteiger partial charge in [0.1, 0.15) is 0 Å². The molecule has 2 N–H and O–H groups in total. The van der Waals surface area contributed by atoms with Crippen molar-refractivity contribution in [3.8, 4) is 0 Å². The summed E-state index contributed by atoms with van der Waals surface area (Å²) in [6.07, 6.45) is 0. The molecule has 80 valence electrons. The van der Waals surface area contributed by atoms with E-state index in [4.69, 9.17) is 0 Å². The molecule has 0 aliphatic rings. The number of nitrogens with zero attached hydrogens (tertiary/aromatic N) is 1. The van der Waals surface area contributed by atoms with Gasteiger partial charge in [0.15, 0.2) is 0 Å². The van der Waals surface area contributed by atoms with Crippen LogP contribution in [0.5, 0.6) is 0 Å². The summed E-state index contributed by atoms with van der Waals surface area (Å²) in [4.78, 5) is 0. The Hall–Kier alpha value is 0.0700. The molecule has 0 aliphatic heterocycles. The van der Waals surface area contributed by atoms with E-state index in [0.29, 0.717) is 0 Å². The van der Waals surface area contributed by atoms with Crippen LogP contribution in [-0.2, 0) is 12.6 Å². The van der Waals surface area contributed by atoms with E-state index < -0.39 is 0 Å². The predicted octanol–water partition coefficient (Wildman–Crippen LogP) is 1.66. The molecular weight excluding hydrogens is 200 g/mol. The van der Waals surface area contributed by atoms with Crippen molar-refractivity contribution in [2.24, 2.45) is 5.73 Å². The van der Waals surface area contributed by atoms with Crippen LogP contribution in [-0.4, -0.2) is 35.0 Å². The molecule has 13 heavy (non-hydrogen) atoms. The Morgan fingerprint density at radius 2 is 1.23 bits per heavy atom. The Morgan fingerprint density at radius 1 is 1.08 bits per heavy atom. The summed E-state index contributed by atoms with van der Waals surface area (Å²) in [5.74, 6) is 0. The van der Waals surface area contributed by atoms with Gasteiger partial charge in [-0.05, 0) is 27.7 Å². The van der Waals surface area contributed by atoms with Crippen molar-refractivity contribution in [3.05, 3.63) is 0 Å². The highest BCUT2D eigenvalue weighted by atomic mass is 32.1. The smallest absolute Gasteiger partial charge is 0.0757 e. The second kappa shape index (κ2) is 8.66. The number of thiocarbonyl (C=S) groups is 1. The quantitative estimate of drug-likeness (QED) is 0.445. The van der Waals surface area contributed by atoms with E-state index in [0.717, 1.165) is 0 Å². The fourth-order valence-corrected chi connectivity index (χ4v) is 1.34. The molecule has 0 saturated carbocycles. The first-order valence-electron chi connectivity index (χ1n) is 4.79. The maximum absolute atomic E-state index is 4.66. The van der Waals surface area contributed by atoms with E-state index in [9.17, 15) is 0 Å². The highest BCUT2D eigenvalue weighted by Gasteiger charge is 2.16. The van der Waals surface area contributed by atoms with E-state index in [1.54, 1.807) is 0 Å². The van der Waals surface area contributed by atoms with Crippen molar-refractivity contribution < 1.29 is 4.48 Å². The fourth-order valence-electron chi connectivity index (χ4n) is 1.34. The SMILES string of the molecule is CC[N+](CC)(CC)CC.NC(=S)[S-]. The zero-order valence-electron chi connectivity index (χ0n) is 9.17. The number of hydrogen-bond donors (Lipinski definition) is 1. The van der Waals surface area contributed by atoms with Crippen LogP contribution in [0.3, 0.4) is 0 Å². The second-order valence-electron chi connectivity index (χ2n) is 2.93. The van der Waals surface area contributed by atoms with Gasteiger partial charge in [-0.2, -0.15) is 0 Å². The van der Waals surface area contributed by atoms with Crippen LogP contribution in [0.25, 0.3) is 0 Å². The third-order valence-corrected chi connectivity index (χ3v) is 2.68. The van der Waals surface area contributed by atoms with E-state index >= 15 is 0 Å². The third-order valence-electron chi connectivity index (χ3n) is 2.68. The van der Waals surface area contributed by atoms with Gasteiger partial charge in [0.25, 0.3) is 0 Å². The molecule has 0 aliphatic carbocycles. The third kappa shape index (κ3) is 8.40. The normalized spacial score (nSPS) is 10.2. The Bertz CT molecular complexity index is 112. The van der Waals surface area contributed by atoms with Crippen LogP contribution in [0.4, 0.5) is 0 Å². The molecule has 0 atom stereocenters. The zero-order valence-corrected chi connectivity index (χ0v) is 10.8. The van der Waals surface area contributed by atoms with Gasteiger partial charge >= 0.3 is 0 Å². The van der Waals surface area contributed by atoms with Crippen LogP contribution in [0.2, 0.25) is 0 Å². The molecule has 2 nitrogen and oxygen atoms in total. The highest BCUT2D eigenvalue weighted by molar-refractivity contribution is 8.00. The second-order valence-corrected chi connectivity index (χ2v) is 4.06. The first-order valence-corrected chi connectivity index (χ1v) is 5.61. The molecule has 0 aromatic carbocycles. The van der Waals surface area contributed by atoms with Gasteiger partial charge in [-0.3, -0.25) is 0 Å². The maximum atomic E-state index is 4.66. The van der Waals surface area contributed by atoms with Crippen molar-refractivity contribution in [1.82, 2.24) is 0 Å². The van der Waals surface area contributed by atoms with E-state index in [-0.39, 0.29) is 4.32 Å². The van der Waals surface area contributed by atoms with Crippen LogP contribution < -0.4 is 5.73 Å². The van der Waals surface area contributed by atoms with Gasteiger partial charge in [-0.15, -0.1) is 0 Å². The van der Waals surface area contributed by atoms with E-state index in [1.807, 2.05) is 0 Å². The van der Waals surface area contributed by atoms with Gasteiger partial charge < -0.3 is 35.1 Å². The lowest BCUT2D eigenvalue weighted by Crippen LogP contribution is -2.47. The minimum Gasteiger partial charge on any atom is -0.415 e. The standard InChI is InChI=1S/C8H20N.CH3NS2/c1-5-9(6-2,7-3)8-4;2-1(3)4/h5-8H2,1-4H3;(H3,2,3,4)/q+1;/p-1. The van der Waals surface area contributed by atoms with Gasteiger partial charge in [0.05, 0.1) is 26.2 Å². The van der Waals surface area contributed by atoms with Crippen LogP contribution in [0.15, 0.2) is 0 Å². The van der Waals surface area contributed by atoms with E-state index in [1.165, 1.54) is 30.7 Å². The fraction of sp³-hybridized carbons (Fsp3) is 0.889. The molecule has 0 amide bonds. The summed E-state index contributed by atoms with van der Waals surface area (Å²) in [7, 11) is 0. The molecule has 0 aromatic rings. The molecular formula is C9H22N2S2. The first kappa shape index (κ1) is 15.5. The monoisotopic (exact) mass is 222 g/mol. The Labute approximate surface area is 93.5 Å². The number of nitrogens with two attached hydrogens (primary N) is 1. The molecule has 0 aromatic heterocycles. The van der Waals surface area contributed by atoms with Crippen molar-refractivity contribution in [2.45, 2.75) is 27.7 Å². The highest BCUT2D eigenvalue weighted by Crippen LogP contribution is 2.03. The minimum atomic E-state index is 0.0833. The molecule has 0 unspecified atom stereocenters. The summed E-state index contributed by atoms with van der Waals surface area (Å²) < 4.78 is 1.36. The topological polar surface area (TPSA) is 26.0 Å². The zero-order chi connectivity index (χ0) is 10.9.